The molecule has 0 bridgehead atoms. The molecule has 0 aliphatic carbocycles. The number of hydrogen-bond donors (Lipinski definition) is 1. The van der Waals surface area contributed by atoms with Crippen LogP contribution in [0.4, 0.5) is 4.79 Å². The lowest BCUT2D eigenvalue weighted by atomic mass is 10.0. The van der Waals surface area contributed by atoms with E-state index in [1.165, 1.54) is 0 Å². The van der Waals surface area contributed by atoms with E-state index in [1.54, 1.807) is 4.68 Å². The molecule has 5 heteroatoms. The molecule has 1 aromatic carbocycles. The predicted octanol–water partition coefficient (Wildman–Crippen LogP) is 3.67. The summed E-state index contributed by atoms with van der Waals surface area (Å²) in [6, 6.07) is 7.92. The van der Waals surface area contributed by atoms with Crippen LogP contribution in [0.5, 0.6) is 0 Å². The first-order valence-corrected chi connectivity index (χ1v) is 7.33. The van der Waals surface area contributed by atoms with Crippen LogP contribution < -0.4 is 5.32 Å². The SMILES string of the molecule is C[C@H](NC(=O)OC(C)(C)C)c1cccc(-c2cnn(C)c2)c1. The highest BCUT2D eigenvalue weighted by molar-refractivity contribution is 5.69. The number of amides is 1. The lowest BCUT2D eigenvalue weighted by molar-refractivity contribution is 0.0508. The number of carbonyl (C=O) groups is 1. The van der Waals surface area contributed by atoms with Crippen molar-refractivity contribution in [3.05, 3.63) is 42.2 Å². The van der Waals surface area contributed by atoms with Crippen molar-refractivity contribution in [2.75, 3.05) is 0 Å². The first-order valence-electron chi connectivity index (χ1n) is 7.33. The van der Waals surface area contributed by atoms with E-state index in [9.17, 15) is 4.79 Å². The molecule has 0 unspecified atom stereocenters. The molecular formula is C17H23N3O2. The summed E-state index contributed by atoms with van der Waals surface area (Å²) >= 11 is 0. The van der Waals surface area contributed by atoms with Crippen molar-refractivity contribution in [2.45, 2.75) is 39.3 Å². The molecule has 1 heterocycles. The van der Waals surface area contributed by atoms with E-state index >= 15 is 0 Å². The Morgan fingerprint density at radius 3 is 2.64 bits per heavy atom. The zero-order valence-electron chi connectivity index (χ0n) is 13.8. The Morgan fingerprint density at radius 2 is 2.05 bits per heavy atom. The maximum absolute atomic E-state index is 11.9. The van der Waals surface area contributed by atoms with Crippen LogP contribution in [0.2, 0.25) is 0 Å². The van der Waals surface area contributed by atoms with E-state index in [1.807, 2.05) is 65.3 Å². The molecule has 0 radical (unpaired) electrons. The third kappa shape index (κ3) is 4.35. The van der Waals surface area contributed by atoms with Gasteiger partial charge in [0.05, 0.1) is 12.2 Å². The molecule has 0 spiro atoms. The van der Waals surface area contributed by atoms with Crippen LogP contribution in [-0.4, -0.2) is 21.5 Å². The topological polar surface area (TPSA) is 56.1 Å². The summed E-state index contributed by atoms with van der Waals surface area (Å²) in [5, 5.41) is 7.04. The van der Waals surface area contributed by atoms with Gasteiger partial charge in [-0.1, -0.05) is 18.2 Å². The molecule has 0 saturated heterocycles. The minimum Gasteiger partial charge on any atom is -0.444 e. The van der Waals surface area contributed by atoms with Gasteiger partial charge in [0.1, 0.15) is 5.60 Å². The number of aryl methyl sites for hydroxylation is 1. The normalized spacial score (nSPS) is 12.8. The summed E-state index contributed by atoms with van der Waals surface area (Å²) < 4.78 is 7.05. The van der Waals surface area contributed by atoms with Crippen molar-refractivity contribution in [3.63, 3.8) is 0 Å². The zero-order valence-corrected chi connectivity index (χ0v) is 13.8. The summed E-state index contributed by atoms with van der Waals surface area (Å²) in [4.78, 5) is 11.9. The molecule has 2 rings (SSSR count). The number of nitrogens with zero attached hydrogens (tertiary/aromatic N) is 2. The molecule has 5 nitrogen and oxygen atoms in total. The molecule has 22 heavy (non-hydrogen) atoms. The Balaban J connectivity index is 2.10. The van der Waals surface area contributed by atoms with Gasteiger partial charge in [0, 0.05) is 18.8 Å². The van der Waals surface area contributed by atoms with E-state index < -0.39 is 11.7 Å². The van der Waals surface area contributed by atoms with Crippen LogP contribution in [0.15, 0.2) is 36.7 Å². The lowest BCUT2D eigenvalue weighted by Crippen LogP contribution is -2.34. The molecule has 1 aromatic heterocycles. The molecule has 2 aromatic rings. The van der Waals surface area contributed by atoms with Crippen LogP contribution in [-0.2, 0) is 11.8 Å². The van der Waals surface area contributed by atoms with Crippen molar-refractivity contribution >= 4 is 6.09 Å². The van der Waals surface area contributed by atoms with E-state index in [0.29, 0.717) is 0 Å². The number of hydrogen-bond acceptors (Lipinski definition) is 3. The van der Waals surface area contributed by atoms with Gasteiger partial charge in [0.25, 0.3) is 0 Å². The average Bonchev–Trinajstić information content (AvgIpc) is 2.83. The van der Waals surface area contributed by atoms with Crippen molar-refractivity contribution in [2.24, 2.45) is 7.05 Å². The minimum atomic E-state index is -0.499. The molecule has 0 saturated carbocycles. The van der Waals surface area contributed by atoms with Gasteiger partial charge in [-0.2, -0.15) is 5.10 Å². The van der Waals surface area contributed by atoms with Gasteiger partial charge in [0.15, 0.2) is 0 Å². The Bertz CT molecular complexity index is 656. The fraction of sp³-hybridized carbons (Fsp3) is 0.412. The highest BCUT2D eigenvalue weighted by atomic mass is 16.6. The Kier molecular flexibility index (Phi) is 4.54. The third-order valence-corrected chi connectivity index (χ3v) is 3.16. The van der Waals surface area contributed by atoms with Crippen molar-refractivity contribution in [1.29, 1.82) is 0 Å². The van der Waals surface area contributed by atoms with E-state index in [4.69, 9.17) is 4.74 Å². The predicted molar refractivity (Wildman–Crippen MR) is 86.4 cm³/mol. The lowest BCUT2D eigenvalue weighted by Gasteiger charge is -2.22. The summed E-state index contributed by atoms with van der Waals surface area (Å²) in [6.07, 6.45) is 3.38. The zero-order chi connectivity index (χ0) is 16.3. The summed E-state index contributed by atoms with van der Waals surface area (Å²) in [5.41, 5.74) is 2.64. The van der Waals surface area contributed by atoms with Gasteiger partial charge >= 0.3 is 6.09 Å². The van der Waals surface area contributed by atoms with Gasteiger partial charge in [-0.15, -0.1) is 0 Å². The van der Waals surface area contributed by atoms with E-state index in [0.717, 1.165) is 16.7 Å². The molecule has 0 aliphatic rings. The number of nitrogens with one attached hydrogen (secondary N) is 1. The van der Waals surface area contributed by atoms with Gasteiger partial charge < -0.3 is 10.1 Å². The molecule has 1 N–H and O–H groups in total. The molecule has 0 fully saturated rings. The minimum absolute atomic E-state index is 0.133. The molecule has 118 valence electrons. The first-order chi connectivity index (χ1) is 10.2. The number of ether oxygens (including phenoxy) is 1. The molecule has 1 amide bonds. The molecular weight excluding hydrogens is 278 g/mol. The van der Waals surface area contributed by atoms with Gasteiger partial charge in [-0.3, -0.25) is 4.68 Å². The second-order valence-electron chi connectivity index (χ2n) is 6.40. The highest BCUT2D eigenvalue weighted by Crippen LogP contribution is 2.23. The van der Waals surface area contributed by atoms with Crippen LogP contribution >= 0.6 is 0 Å². The van der Waals surface area contributed by atoms with Crippen LogP contribution in [0, 0.1) is 0 Å². The van der Waals surface area contributed by atoms with Crippen molar-refractivity contribution < 1.29 is 9.53 Å². The standard InChI is InChI=1S/C17H23N3O2/c1-12(19-16(21)22-17(2,3)4)13-7-6-8-14(9-13)15-10-18-20(5)11-15/h6-12H,1-5H3,(H,19,21)/t12-/m0/s1. The summed E-state index contributed by atoms with van der Waals surface area (Å²) in [6.45, 7) is 7.48. The molecule has 0 aliphatic heterocycles. The van der Waals surface area contributed by atoms with Crippen LogP contribution in [0.25, 0.3) is 11.1 Å². The fourth-order valence-electron chi connectivity index (χ4n) is 2.13. The maximum Gasteiger partial charge on any atom is 0.408 e. The van der Waals surface area contributed by atoms with Gasteiger partial charge in [0.2, 0.25) is 0 Å². The summed E-state index contributed by atoms with van der Waals surface area (Å²) in [5.74, 6) is 0. The van der Waals surface area contributed by atoms with E-state index in [-0.39, 0.29) is 6.04 Å². The average molecular weight is 301 g/mol. The van der Waals surface area contributed by atoms with Crippen LogP contribution in [0.3, 0.4) is 0 Å². The number of alkyl carbamates (subject to hydrolysis) is 1. The monoisotopic (exact) mass is 301 g/mol. The fourth-order valence-corrected chi connectivity index (χ4v) is 2.13. The second-order valence-corrected chi connectivity index (χ2v) is 6.40. The Labute approximate surface area is 131 Å². The third-order valence-electron chi connectivity index (χ3n) is 3.16. The quantitative estimate of drug-likeness (QED) is 0.941. The Morgan fingerprint density at radius 1 is 1.32 bits per heavy atom. The van der Waals surface area contributed by atoms with Crippen molar-refractivity contribution in [1.82, 2.24) is 15.1 Å². The number of benzene rings is 1. The largest absolute Gasteiger partial charge is 0.444 e. The van der Waals surface area contributed by atoms with Crippen LogP contribution in [0.1, 0.15) is 39.3 Å². The first kappa shape index (κ1) is 16.1. The second kappa shape index (κ2) is 6.22. The molecule has 1 atom stereocenters. The van der Waals surface area contributed by atoms with Crippen molar-refractivity contribution in [3.8, 4) is 11.1 Å². The Hall–Kier alpha value is -2.30. The van der Waals surface area contributed by atoms with Gasteiger partial charge in [-0.05, 0) is 44.9 Å². The number of aromatic nitrogens is 2. The van der Waals surface area contributed by atoms with E-state index in [2.05, 4.69) is 16.5 Å². The van der Waals surface area contributed by atoms with Gasteiger partial charge in [-0.25, -0.2) is 4.79 Å². The summed E-state index contributed by atoms with van der Waals surface area (Å²) in [7, 11) is 1.89. The smallest absolute Gasteiger partial charge is 0.408 e. The highest BCUT2D eigenvalue weighted by Gasteiger charge is 2.18. The number of rotatable bonds is 3. The number of carbonyl (C=O) groups excluding carboxylic acids is 1. The maximum atomic E-state index is 11.9.